The molecule has 0 radical (unpaired) electrons. The van der Waals surface area contributed by atoms with Crippen molar-refractivity contribution in [2.45, 2.75) is 30.9 Å². The lowest BCUT2D eigenvalue weighted by Gasteiger charge is -2.13. The molecule has 2 heterocycles. The van der Waals surface area contributed by atoms with E-state index in [1.165, 1.54) is 17.4 Å². The van der Waals surface area contributed by atoms with Crippen LogP contribution in [0.4, 0.5) is 10.8 Å². The van der Waals surface area contributed by atoms with E-state index in [4.69, 9.17) is 0 Å². The number of nitrogens with one attached hydrogen (secondary N) is 2. The molecule has 204 valence electrons. The molecular weight excluding hydrogens is 522 g/mol. The molecule has 11 heteroatoms. The Morgan fingerprint density at radius 3 is 2.58 bits per heavy atom. The van der Waals surface area contributed by atoms with Crippen LogP contribution in [0, 0.1) is 6.92 Å². The van der Waals surface area contributed by atoms with Gasteiger partial charge in [0.05, 0.1) is 27.9 Å². The van der Waals surface area contributed by atoms with Crippen molar-refractivity contribution >= 4 is 54.7 Å². The first kappa shape index (κ1) is 27.3. The summed E-state index contributed by atoms with van der Waals surface area (Å²) in [4.78, 5) is 32.1. The van der Waals surface area contributed by atoms with Crippen LogP contribution in [0.2, 0.25) is 0 Å². The van der Waals surface area contributed by atoms with Crippen LogP contribution < -0.4 is 15.5 Å². The molecule has 0 bridgehead atoms. The Bertz CT molecular complexity index is 1650. The number of hydrogen-bond donors (Lipinski definition) is 2. The van der Waals surface area contributed by atoms with Gasteiger partial charge in [0.2, 0.25) is 5.91 Å². The Hall–Kier alpha value is -3.70. The van der Waals surface area contributed by atoms with Crippen molar-refractivity contribution in [3.8, 4) is 11.3 Å². The summed E-state index contributed by atoms with van der Waals surface area (Å²) in [6.07, 6.45) is 0. The number of carbonyl (C=O) groups is 2. The van der Waals surface area contributed by atoms with E-state index in [0.717, 1.165) is 22.6 Å². The molecule has 4 rings (SSSR count). The molecule has 2 aromatic heterocycles. The number of fused-ring (bicyclic) bond motifs is 1. The van der Waals surface area contributed by atoms with Crippen molar-refractivity contribution in [1.29, 1.82) is 0 Å². The highest BCUT2D eigenvalue weighted by Crippen LogP contribution is 2.30. The van der Waals surface area contributed by atoms with Crippen LogP contribution in [-0.4, -0.2) is 55.7 Å². The maximum Gasteiger partial charge on any atom is 0.251 e. The zero-order chi connectivity index (χ0) is 27.8. The smallest absolute Gasteiger partial charge is 0.251 e. The van der Waals surface area contributed by atoms with Gasteiger partial charge in [-0.1, -0.05) is 12.1 Å². The van der Waals surface area contributed by atoms with Gasteiger partial charge in [-0.2, -0.15) is 0 Å². The number of benzene rings is 2. The number of nitrogens with zero attached hydrogens (tertiary/aromatic N) is 3. The number of carbonyl (C=O) groups excluding carboxylic acids is 2. The summed E-state index contributed by atoms with van der Waals surface area (Å²) in [5, 5.41) is 7.50. The van der Waals surface area contributed by atoms with Crippen molar-refractivity contribution in [3.05, 3.63) is 59.1 Å². The minimum atomic E-state index is -3.65. The van der Waals surface area contributed by atoms with Crippen LogP contribution in [0.5, 0.6) is 0 Å². The number of hydrogen-bond acceptors (Lipinski definition) is 7. The van der Waals surface area contributed by atoms with Gasteiger partial charge in [0.25, 0.3) is 5.91 Å². The van der Waals surface area contributed by atoms with E-state index in [-0.39, 0.29) is 19.9 Å². The first-order valence-electron chi connectivity index (χ1n) is 12.0. The lowest BCUT2D eigenvalue weighted by molar-refractivity contribution is -0.115. The number of sulfone groups is 1. The van der Waals surface area contributed by atoms with Crippen LogP contribution in [0.15, 0.2) is 52.7 Å². The van der Waals surface area contributed by atoms with Crippen molar-refractivity contribution < 1.29 is 20.9 Å². The van der Waals surface area contributed by atoms with Gasteiger partial charge < -0.3 is 20.1 Å². The van der Waals surface area contributed by atoms with Crippen LogP contribution in [0.25, 0.3) is 22.2 Å². The summed E-state index contributed by atoms with van der Waals surface area (Å²) >= 11 is 1.29. The number of rotatable bonds is 8. The predicted octanol–water partition coefficient (Wildman–Crippen LogP) is 4.72. The van der Waals surface area contributed by atoms with Crippen molar-refractivity contribution in [2.75, 3.05) is 30.9 Å². The molecule has 9 nitrogen and oxygen atoms in total. The van der Waals surface area contributed by atoms with E-state index < -0.39 is 26.9 Å². The van der Waals surface area contributed by atoms with E-state index in [1.807, 2.05) is 67.2 Å². The highest BCUT2D eigenvalue weighted by atomic mass is 32.2. The summed E-state index contributed by atoms with van der Waals surface area (Å²) in [5.41, 5.74) is 4.38. The maximum absolute atomic E-state index is 13.1. The number of amides is 2. The van der Waals surface area contributed by atoms with Gasteiger partial charge in [-0.15, -0.1) is 11.3 Å². The number of aromatic nitrogens is 2. The van der Waals surface area contributed by atoms with Crippen LogP contribution in [0.1, 0.15) is 32.8 Å². The molecule has 38 heavy (non-hydrogen) atoms. The zero-order valence-corrected chi connectivity index (χ0v) is 23.8. The normalized spacial score (nSPS) is 11.7. The number of thiazole rings is 1. The third kappa shape index (κ3) is 5.44. The molecule has 0 atom stereocenters. The molecule has 0 fully saturated rings. The quantitative estimate of drug-likeness (QED) is 0.324. The largest absolute Gasteiger partial charge is 0.378 e. The van der Waals surface area contributed by atoms with Gasteiger partial charge in [-0.3, -0.25) is 9.59 Å². The SMILES string of the molecule is Cc1cc2c(S(=O)(=O)C(C)C)cc(C(=O)NCC(=O)Nc3nc(-c4cccc(N(C)C)c4)cs3)cc2n1C.[HH].[HH]. The molecule has 0 spiro atoms. The second-order valence-electron chi connectivity index (χ2n) is 9.56. The zero-order valence-electron chi connectivity index (χ0n) is 22.2. The Morgan fingerprint density at radius 2 is 1.89 bits per heavy atom. The van der Waals surface area contributed by atoms with Crippen molar-refractivity contribution in [3.63, 3.8) is 0 Å². The molecule has 4 aromatic rings. The topological polar surface area (TPSA) is 113 Å². The summed E-state index contributed by atoms with van der Waals surface area (Å²) < 4.78 is 27.9. The molecule has 0 aliphatic carbocycles. The standard InChI is InChI=1S/C27H31N5O4S2.2H2/c1-16(2)38(35,36)24-13-19(12-23-21(24)10-17(3)32(23)6)26(34)28-14-25(33)30-27-29-22(15-37-27)18-8-7-9-20(11-18)31(4)5;;/h7-13,15-16H,14H2,1-6H3,(H,28,34)(H,29,30,33);2*1H. The lowest BCUT2D eigenvalue weighted by Crippen LogP contribution is -2.33. The van der Waals surface area contributed by atoms with Gasteiger partial charge in [-0.25, -0.2) is 13.4 Å². The first-order valence-corrected chi connectivity index (χ1v) is 14.5. The van der Waals surface area contributed by atoms with E-state index in [9.17, 15) is 18.0 Å². The molecule has 0 aliphatic rings. The third-order valence-corrected chi connectivity index (χ3v) is 9.32. The average Bonchev–Trinajstić information content (AvgIpc) is 3.45. The Morgan fingerprint density at radius 1 is 1.16 bits per heavy atom. The van der Waals surface area contributed by atoms with E-state index in [2.05, 4.69) is 15.6 Å². The molecule has 2 N–H and O–H groups in total. The van der Waals surface area contributed by atoms with E-state index >= 15 is 0 Å². The van der Waals surface area contributed by atoms with Crippen LogP contribution in [-0.2, 0) is 21.7 Å². The van der Waals surface area contributed by atoms with Crippen molar-refractivity contribution in [2.24, 2.45) is 7.05 Å². The van der Waals surface area contributed by atoms with Gasteiger partial charge in [0, 0.05) is 57.3 Å². The highest BCUT2D eigenvalue weighted by Gasteiger charge is 2.25. The third-order valence-electron chi connectivity index (χ3n) is 6.37. The molecular formula is C27H35N5O4S2. The van der Waals surface area contributed by atoms with Gasteiger partial charge >= 0.3 is 0 Å². The second kappa shape index (κ2) is 10.6. The fourth-order valence-electron chi connectivity index (χ4n) is 3.98. The van der Waals surface area contributed by atoms with Crippen molar-refractivity contribution in [1.82, 2.24) is 14.9 Å². The lowest BCUT2D eigenvalue weighted by atomic mass is 10.1. The van der Waals surface area contributed by atoms with Crippen LogP contribution >= 0.6 is 11.3 Å². The highest BCUT2D eigenvalue weighted by molar-refractivity contribution is 7.92. The van der Waals surface area contributed by atoms with Gasteiger partial charge in [0.1, 0.15) is 0 Å². The van der Waals surface area contributed by atoms with Gasteiger partial charge in [-0.05, 0) is 51.1 Å². The minimum Gasteiger partial charge on any atom is -0.378 e. The summed E-state index contributed by atoms with van der Waals surface area (Å²) in [7, 11) is 2.09. The number of anilines is 2. The predicted molar refractivity (Wildman–Crippen MR) is 157 cm³/mol. The number of aryl methyl sites for hydroxylation is 2. The summed E-state index contributed by atoms with van der Waals surface area (Å²) in [6.45, 7) is 4.80. The fourth-order valence-corrected chi connectivity index (χ4v) is 5.99. The molecule has 0 saturated heterocycles. The fraction of sp³-hybridized carbons (Fsp3) is 0.296. The van der Waals surface area contributed by atoms with E-state index in [0.29, 0.717) is 16.0 Å². The second-order valence-corrected chi connectivity index (χ2v) is 12.9. The maximum atomic E-state index is 13.1. The van der Waals surface area contributed by atoms with Crippen LogP contribution in [0.3, 0.4) is 0 Å². The molecule has 2 aromatic carbocycles. The summed E-state index contributed by atoms with van der Waals surface area (Å²) in [6, 6.07) is 12.7. The Balaban J connectivity index is 0.00000280. The monoisotopic (exact) mass is 557 g/mol. The Kier molecular flexibility index (Phi) is 7.61. The average molecular weight is 558 g/mol. The van der Waals surface area contributed by atoms with E-state index in [1.54, 1.807) is 26.0 Å². The Labute approximate surface area is 229 Å². The molecule has 0 saturated carbocycles. The minimum absolute atomic E-state index is 0. The first-order chi connectivity index (χ1) is 17.9. The molecule has 0 aliphatic heterocycles. The molecule has 2 amide bonds. The molecule has 0 unspecified atom stereocenters. The van der Waals surface area contributed by atoms with Gasteiger partial charge in [0.15, 0.2) is 15.0 Å². The summed E-state index contributed by atoms with van der Waals surface area (Å²) in [5.74, 6) is -0.978.